The number of amides is 1. The molecule has 0 saturated carbocycles. The van der Waals surface area contributed by atoms with Gasteiger partial charge in [0.15, 0.2) is 0 Å². The highest BCUT2D eigenvalue weighted by Gasteiger charge is 2.10. The molecule has 0 unspecified atom stereocenters. The number of rotatable bonds is 5. The second-order valence-corrected chi connectivity index (χ2v) is 8.36. The maximum Gasteiger partial charge on any atom is 0.261 e. The second kappa shape index (κ2) is 8.39. The molecule has 0 atom stereocenters. The Hall–Kier alpha value is -4.19. The summed E-state index contributed by atoms with van der Waals surface area (Å²) >= 11 is 0. The zero-order chi connectivity index (χ0) is 22.9. The van der Waals surface area contributed by atoms with Gasteiger partial charge in [-0.2, -0.15) is 0 Å². The van der Waals surface area contributed by atoms with Gasteiger partial charge in [-0.1, -0.05) is 36.4 Å². The van der Waals surface area contributed by atoms with Crippen LogP contribution in [0.15, 0.2) is 84.0 Å². The highest BCUT2D eigenvalue weighted by Crippen LogP contribution is 2.23. The largest absolute Gasteiger partial charge is 0.361 e. The summed E-state index contributed by atoms with van der Waals surface area (Å²) in [5.74, 6) is -0.0395. The Labute approximate surface area is 191 Å². The molecule has 0 saturated heterocycles. The molecule has 0 bridgehead atoms. The van der Waals surface area contributed by atoms with Crippen LogP contribution in [-0.4, -0.2) is 39.4 Å². The molecule has 0 aliphatic heterocycles. The van der Waals surface area contributed by atoms with Crippen molar-refractivity contribution in [1.29, 1.82) is 0 Å². The standard InChI is InChI=1S/C27H24N4O2/c1-30(2)26(32)19-9-7-18(8-10-19)20-11-12-25-23(15-20)27(33)31(17-29-25)14-13-21-16-28-24-6-4-3-5-22(21)24/h3-12,15-17,28H,13-14H2,1-2H3. The molecule has 2 heterocycles. The van der Waals surface area contributed by atoms with E-state index in [1.165, 1.54) is 10.9 Å². The lowest BCUT2D eigenvalue weighted by molar-refractivity contribution is 0.0827. The topological polar surface area (TPSA) is 71.0 Å². The minimum Gasteiger partial charge on any atom is -0.361 e. The Balaban J connectivity index is 1.44. The van der Waals surface area contributed by atoms with Crippen LogP contribution in [-0.2, 0) is 13.0 Å². The van der Waals surface area contributed by atoms with Crippen molar-refractivity contribution in [3.05, 3.63) is 101 Å². The first-order chi connectivity index (χ1) is 16.0. The van der Waals surface area contributed by atoms with Crippen molar-refractivity contribution in [3.8, 4) is 11.1 Å². The molecule has 33 heavy (non-hydrogen) atoms. The third kappa shape index (κ3) is 3.91. The number of carbonyl (C=O) groups excluding carboxylic acids is 1. The van der Waals surface area contributed by atoms with Crippen LogP contribution in [0, 0.1) is 0 Å². The van der Waals surface area contributed by atoms with Crippen molar-refractivity contribution in [2.45, 2.75) is 13.0 Å². The second-order valence-electron chi connectivity index (χ2n) is 8.36. The van der Waals surface area contributed by atoms with E-state index in [-0.39, 0.29) is 11.5 Å². The minimum atomic E-state index is -0.0545. The van der Waals surface area contributed by atoms with Gasteiger partial charge in [-0.05, 0) is 53.4 Å². The number of hydrogen-bond donors (Lipinski definition) is 1. The zero-order valence-electron chi connectivity index (χ0n) is 18.6. The molecular weight excluding hydrogens is 412 g/mol. The molecule has 0 radical (unpaired) electrons. The molecule has 6 heteroatoms. The third-order valence-electron chi connectivity index (χ3n) is 5.99. The number of nitrogens with zero attached hydrogens (tertiary/aromatic N) is 3. The van der Waals surface area contributed by atoms with Crippen LogP contribution in [0.2, 0.25) is 0 Å². The number of benzene rings is 3. The number of nitrogens with one attached hydrogen (secondary N) is 1. The van der Waals surface area contributed by atoms with E-state index in [9.17, 15) is 9.59 Å². The molecule has 5 rings (SSSR count). The molecule has 2 aromatic heterocycles. The summed E-state index contributed by atoms with van der Waals surface area (Å²) in [5, 5.41) is 1.76. The predicted molar refractivity (Wildman–Crippen MR) is 131 cm³/mol. The van der Waals surface area contributed by atoms with Crippen LogP contribution >= 0.6 is 0 Å². The fourth-order valence-electron chi connectivity index (χ4n) is 4.14. The molecule has 0 aliphatic carbocycles. The summed E-state index contributed by atoms with van der Waals surface area (Å²) in [6.45, 7) is 0.551. The average Bonchev–Trinajstić information content (AvgIpc) is 3.26. The van der Waals surface area contributed by atoms with Gasteiger partial charge in [-0.15, -0.1) is 0 Å². The molecule has 1 N–H and O–H groups in total. The van der Waals surface area contributed by atoms with Crippen molar-refractivity contribution in [1.82, 2.24) is 19.4 Å². The molecule has 3 aromatic carbocycles. The molecule has 164 valence electrons. The fourth-order valence-corrected chi connectivity index (χ4v) is 4.14. The third-order valence-corrected chi connectivity index (χ3v) is 5.99. The number of hydrogen-bond acceptors (Lipinski definition) is 3. The van der Waals surface area contributed by atoms with Gasteiger partial charge < -0.3 is 9.88 Å². The maximum absolute atomic E-state index is 13.2. The van der Waals surface area contributed by atoms with Crippen LogP contribution in [0.25, 0.3) is 32.9 Å². The summed E-state index contributed by atoms with van der Waals surface area (Å²) < 4.78 is 1.67. The van der Waals surface area contributed by atoms with Crippen LogP contribution in [0.3, 0.4) is 0 Å². The van der Waals surface area contributed by atoms with Gasteiger partial charge >= 0.3 is 0 Å². The van der Waals surface area contributed by atoms with E-state index in [1.54, 1.807) is 29.9 Å². The normalized spacial score (nSPS) is 11.2. The average molecular weight is 437 g/mol. The first kappa shape index (κ1) is 20.7. The van der Waals surface area contributed by atoms with Crippen molar-refractivity contribution < 1.29 is 4.79 Å². The fraction of sp³-hybridized carbons (Fsp3) is 0.148. The van der Waals surface area contributed by atoms with Crippen LogP contribution in [0.5, 0.6) is 0 Å². The van der Waals surface area contributed by atoms with Gasteiger partial charge in [0.2, 0.25) is 0 Å². The SMILES string of the molecule is CN(C)C(=O)c1ccc(-c2ccc3ncn(CCc4c[nH]c5ccccc45)c(=O)c3c2)cc1. The smallest absolute Gasteiger partial charge is 0.261 e. The van der Waals surface area contributed by atoms with Crippen molar-refractivity contribution in [3.63, 3.8) is 0 Å². The van der Waals surface area contributed by atoms with Crippen molar-refractivity contribution in [2.24, 2.45) is 0 Å². The summed E-state index contributed by atoms with van der Waals surface area (Å²) in [6.07, 6.45) is 4.37. The van der Waals surface area contributed by atoms with Crippen LogP contribution in [0.4, 0.5) is 0 Å². The molecule has 5 aromatic rings. The van der Waals surface area contributed by atoms with E-state index in [2.05, 4.69) is 16.0 Å². The van der Waals surface area contributed by atoms with E-state index in [1.807, 2.05) is 66.9 Å². The van der Waals surface area contributed by atoms with Crippen LogP contribution < -0.4 is 5.56 Å². The number of para-hydroxylation sites is 1. The summed E-state index contributed by atoms with van der Waals surface area (Å²) in [6, 6.07) is 21.3. The van der Waals surface area contributed by atoms with Gasteiger partial charge in [0.1, 0.15) is 0 Å². The highest BCUT2D eigenvalue weighted by molar-refractivity contribution is 5.94. The quantitative estimate of drug-likeness (QED) is 0.441. The number of aryl methyl sites for hydroxylation is 2. The molecule has 0 fully saturated rings. The zero-order valence-corrected chi connectivity index (χ0v) is 18.6. The molecule has 0 spiro atoms. The molecule has 6 nitrogen and oxygen atoms in total. The first-order valence-corrected chi connectivity index (χ1v) is 10.9. The lowest BCUT2D eigenvalue weighted by Crippen LogP contribution is -2.21. The van der Waals surface area contributed by atoms with Gasteiger partial charge in [-0.25, -0.2) is 4.98 Å². The van der Waals surface area contributed by atoms with E-state index < -0.39 is 0 Å². The van der Waals surface area contributed by atoms with Gasteiger partial charge in [0.05, 0.1) is 17.2 Å². The summed E-state index contributed by atoms with van der Waals surface area (Å²) in [5.41, 5.74) is 5.39. The summed E-state index contributed by atoms with van der Waals surface area (Å²) in [4.78, 5) is 34.7. The van der Waals surface area contributed by atoms with Crippen molar-refractivity contribution >= 4 is 27.7 Å². The predicted octanol–water partition coefficient (Wildman–Crippen LogP) is 4.49. The Kier molecular flexibility index (Phi) is 5.26. The van der Waals surface area contributed by atoms with Gasteiger partial charge in [0.25, 0.3) is 11.5 Å². The Bertz CT molecular complexity index is 1530. The first-order valence-electron chi connectivity index (χ1n) is 10.9. The Morgan fingerprint density at radius 3 is 2.52 bits per heavy atom. The Morgan fingerprint density at radius 1 is 0.970 bits per heavy atom. The van der Waals surface area contributed by atoms with E-state index in [0.29, 0.717) is 23.0 Å². The number of aromatic nitrogens is 3. The van der Waals surface area contributed by atoms with E-state index in [0.717, 1.165) is 23.1 Å². The summed E-state index contributed by atoms with van der Waals surface area (Å²) in [7, 11) is 3.46. The molecular formula is C27H24N4O2. The molecule has 1 amide bonds. The number of fused-ring (bicyclic) bond motifs is 2. The van der Waals surface area contributed by atoms with Gasteiger partial charge in [-0.3, -0.25) is 14.2 Å². The monoisotopic (exact) mass is 436 g/mol. The van der Waals surface area contributed by atoms with E-state index >= 15 is 0 Å². The minimum absolute atomic E-state index is 0.0395. The maximum atomic E-state index is 13.2. The van der Waals surface area contributed by atoms with E-state index in [4.69, 9.17) is 0 Å². The van der Waals surface area contributed by atoms with Gasteiger partial charge in [0, 0.05) is 43.3 Å². The lowest BCUT2D eigenvalue weighted by Gasteiger charge is -2.11. The number of aromatic amines is 1. The van der Waals surface area contributed by atoms with Crippen LogP contribution in [0.1, 0.15) is 15.9 Å². The highest BCUT2D eigenvalue weighted by atomic mass is 16.2. The Morgan fingerprint density at radius 2 is 1.73 bits per heavy atom. The number of carbonyl (C=O) groups is 1. The molecule has 0 aliphatic rings. The number of H-pyrrole nitrogens is 1. The lowest BCUT2D eigenvalue weighted by atomic mass is 10.0. The van der Waals surface area contributed by atoms with Crippen molar-refractivity contribution in [2.75, 3.05) is 14.1 Å².